The molecule has 0 radical (unpaired) electrons. The Kier molecular flexibility index (Phi) is 6.98. The van der Waals surface area contributed by atoms with Gasteiger partial charge in [-0.1, -0.05) is 91.0 Å². The number of rotatable bonds is 5. The zero-order chi connectivity index (χ0) is 32.6. The molecule has 0 amide bonds. The van der Waals surface area contributed by atoms with Crippen LogP contribution in [-0.4, -0.2) is 19.5 Å². The van der Waals surface area contributed by atoms with E-state index in [-0.39, 0.29) is 5.82 Å². The predicted octanol–water partition coefficient (Wildman–Crippen LogP) is 9.52. The van der Waals surface area contributed by atoms with Crippen molar-refractivity contribution in [2.45, 2.75) is 0 Å². The van der Waals surface area contributed by atoms with Gasteiger partial charge in [0, 0.05) is 38.6 Å². The monoisotopic (exact) mass is 618 g/mol. The van der Waals surface area contributed by atoms with E-state index in [4.69, 9.17) is 15.0 Å². The topological polar surface area (TPSA) is 91.2 Å². The number of hydrogen-bond donors (Lipinski definition) is 0. The van der Waals surface area contributed by atoms with Crippen LogP contribution in [0.15, 0.2) is 140 Å². The maximum atomic E-state index is 15.5. The van der Waals surface area contributed by atoms with E-state index >= 15 is 4.39 Å². The lowest BCUT2D eigenvalue weighted by Crippen LogP contribution is -2.02. The van der Waals surface area contributed by atoms with Crippen molar-refractivity contribution < 1.29 is 4.39 Å². The van der Waals surface area contributed by atoms with Gasteiger partial charge in [-0.2, -0.15) is 10.5 Å². The largest absolute Gasteiger partial charge is 0.309 e. The minimum Gasteiger partial charge on any atom is -0.309 e. The van der Waals surface area contributed by atoms with E-state index in [1.54, 1.807) is 24.3 Å². The van der Waals surface area contributed by atoms with Crippen LogP contribution < -0.4 is 0 Å². The lowest BCUT2D eigenvalue weighted by molar-refractivity contribution is 0.631. The molecule has 224 valence electrons. The minimum absolute atomic E-state index is 0.358. The van der Waals surface area contributed by atoms with Crippen molar-refractivity contribution in [3.8, 4) is 63.1 Å². The number of hydrogen-bond acceptors (Lipinski definition) is 5. The van der Waals surface area contributed by atoms with Crippen molar-refractivity contribution in [2.24, 2.45) is 0 Å². The van der Waals surface area contributed by atoms with Gasteiger partial charge in [0.15, 0.2) is 17.5 Å². The standard InChI is InChI=1S/C41H23FN6/c42-35-14-8-7-13-31(35)32-18-17-30(41-46-39(28-9-3-1-4-10-28)45-40(47-41)29-11-5-2-6-12-29)23-38(32)48-36-19-15-26(24-43)21-33(36)34-22-27(25-44)16-20-37(34)48/h1-23H. The van der Waals surface area contributed by atoms with Gasteiger partial charge in [0.05, 0.1) is 40.0 Å². The quantitative estimate of drug-likeness (QED) is 0.192. The Labute approximate surface area is 275 Å². The van der Waals surface area contributed by atoms with Gasteiger partial charge in [0.1, 0.15) is 5.82 Å². The van der Waals surface area contributed by atoms with E-state index in [1.165, 1.54) is 6.07 Å². The zero-order valence-corrected chi connectivity index (χ0v) is 25.3. The van der Waals surface area contributed by atoms with E-state index in [9.17, 15) is 10.5 Å². The molecule has 0 N–H and O–H groups in total. The van der Waals surface area contributed by atoms with Crippen molar-refractivity contribution >= 4 is 21.8 Å². The fourth-order valence-corrected chi connectivity index (χ4v) is 6.12. The van der Waals surface area contributed by atoms with Gasteiger partial charge in [0.2, 0.25) is 0 Å². The Hall–Kier alpha value is -6.96. The number of nitriles is 2. The first-order valence-electron chi connectivity index (χ1n) is 15.3. The summed E-state index contributed by atoms with van der Waals surface area (Å²) in [5.41, 5.74) is 6.80. The van der Waals surface area contributed by atoms with Gasteiger partial charge in [-0.15, -0.1) is 0 Å². The highest BCUT2D eigenvalue weighted by Crippen LogP contribution is 2.39. The molecule has 0 atom stereocenters. The number of benzene rings is 6. The molecule has 0 aliphatic carbocycles. The molecule has 0 unspecified atom stereocenters. The van der Waals surface area contributed by atoms with E-state index in [0.717, 1.165) is 32.9 Å². The molecule has 0 bridgehead atoms. The number of halogens is 1. The average Bonchev–Trinajstić information content (AvgIpc) is 3.48. The third kappa shape index (κ3) is 4.93. The van der Waals surface area contributed by atoms with Crippen molar-refractivity contribution in [1.82, 2.24) is 19.5 Å². The van der Waals surface area contributed by atoms with Crippen LogP contribution >= 0.6 is 0 Å². The molecule has 0 aliphatic rings. The Morgan fingerprint density at radius 2 is 0.979 bits per heavy atom. The van der Waals surface area contributed by atoms with Gasteiger partial charge >= 0.3 is 0 Å². The molecule has 48 heavy (non-hydrogen) atoms. The Balaban J connectivity index is 1.44. The second-order valence-electron chi connectivity index (χ2n) is 11.3. The number of aromatic nitrogens is 4. The highest BCUT2D eigenvalue weighted by atomic mass is 19.1. The van der Waals surface area contributed by atoms with Crippen LogP contribution in [0.5, 0.6) is 0 Å². The molecule has 7 heteroatoms. The first kappa shape index (κ1) is 28.5. The zero-order valence-electron chi connectivity index (χ0n) is 25.3. The fourth-order valence-electron chi connectivity index (χ4n) is 6.12. The molecule has 0 aliphatic heterocycles. The molecular weight excluding hydrogens is 595 g/mol. The predicted molar refractivity (Wildman–Crippen MR) is 185 cm³/mol. The Morgan fingerprint density at radius 1 is 0.479 bits per heavy atom. The fraction of sp³-hybridized carbons (Fsp3) is 0. The van der Waals surface area contributed by atoms with E-state index in [1.807, 2.05) is 109 Å². The third-order valence-corrected chi connectivity index (χ3v) is 8.38. The van der Waals surface area contributed by atoms with Gasteiger partial charge < -0.3 is 4.57 Å². The molecule has 6 nitrogen and oxygen atoms in total. The maximum Gasteiger partial charge on any atom is 0.164 e. The van der Waals surface area contributed by atoms with Crippen molar-refractivity contribution in [3.63, 3.8) is 0 Å². The van der Waals surface area contributed by atoms with Crippen molar-refractivity contribution in [2.75, 3.05) is 0 Å². The molecule has 2 aromatic heterocycles. The molecule has 8 rings (SSSR count). The molecule has 6 aromatic carbocycles. The summed E-state index contributed by atoms with van der Waals surface area (Å²) < 4.78 is 17.6. The van der Waals surface area contributed by atoms with Crippen LogP contribution in [-0.2, 0) is 0 Å². The van der Waals surface area contributed by atoms with Crippen molar-refractivity contribution in [1.29, 1.82) is 10.5 Å². The SMILES string of the molecule is N#Cc1ccc2c(c1)c1cc(C#N)ccc1n2-c1cc(-c2nc(-c3ccccc3)nc(-c3ccccc3)n2)ccc1-c1ccccc1F. The summed E-state index contributed by atoms with van der Waals surface area (Å²) in [6, 6.07) is 47.4. The smallest absolute Gasteiger partial charge is 0.164 e. The van der Waals surface area contributed by atoms with E-state index in [0.29, 0.717) is 51.0 Å². The van der Waals surface area contributed by atoms with Crippen LogP contribution in [0.4, 0.5) is 4.39 Å². The average molecular weight is 619 g/mol. The lowest BCUT2D eigenvalue weighted by Gasteiger charge is -2.17. The molecule has 0 spiro atoms. The second kappa shape index (κ2) is 11.8. The second-order valence-corrected chi connectivity index (χ2v) is 11.3. The Bertz CT molecular complexity index is 2470. The molecule has 0 saturated heterocycles. The highest BCUT2D eigenvalue weighted by molar-refractivity contribution is 6.10. The van der Waals surface area contributed by atoms with Crippen LogP contribution in [0.3, 0.4) is 0 Å². The molecule has 0 fully saturated rings. The molecule has 0 saturated carbocycles. The van der Waals surface area contributed by atoms with Gasteiger partial charge in [-0.3, -0.25) is 0 Å². The summed E-state index contributed by atoms with van der Waals surface area (Å²) in [5.74, 6) is 1.17. The van der Waals surface area contributed by atoms with Crippen LogP contribution in [0, 0.1) is 28.5 Å². The maximum absolute atomic E-state index is 15.5. The third-order valence-electron chi connectivity index (χ3n) is 8.38. The first-order valence-corrected chi connectivity index (χ1v) is 15.3. The summed E-state index contributed by atoms with van der Waals surface area (Å²) in [5, 5.41) is 21.1. The molecule has 2 heterocycles. The normalized spacial score (nSPS) is 11.0. The van der Waals surface area contributed by atoms with E-state index in [2.05, 4.69) is 16.7 Å². The highest BCUT2D eigenvalue weighted by Gasteiger charge is 2.20. The van der Waals surface area contributed by atoms with Crippen LogP contribution in [0.1, 0.15) is 11.1 Å². The summed E-state index contributed by atoms with van der Waals surface area (Å²) in [6.07, 6.45) is 0. The lowest BCUT2D eigenvalue weighted by atomic mass is 10.00. The minimum atomic E-state index is -0.358. The molecule has 8 aromatic rings. The van der Waals surface area contributed by atoms with Gasteiger partial charge in [0.25, 0.3) is 0 Å². The summed E-state index contributed by atoms with van der Waals surface area (Å²) in [6.45, 7) is 0. The van der Waals surface area contributed by atoms with E-state index < -0.39 is 0 Å². The number of nitrogens with zero attached hydrogens (tertiary/aromatic N) is 6. The number of fused-ring (bicyclic) bond motifs is 3. The Morgan fingerprint density at radius 3 is 1.50 bits per heavy atom. The van der Waals surface area contributed by atoms with Crippen molar-refractivity contribution in [3.05, 3.63) is 156 Å². The molecular formula is C41H23FN6. The van der Waals surface area contributed by atoms with Gasteiger partial charge in [-0.05, 0) is 48.5 Å². The summed E-state index contributed by atoms with van der Waals surface area (Å²) in [7, 11) is 0. The first-order chi connectivity index (χ1) is 23.6. The van der Waals surface area contributed by atoms with Crippen LogP contribution in [0.2, 0.25) is 0 Å². The summed E-state index contributed by atoms with van der Waals surface area (Å²) in [4.78, 5) is 14.7. The van der Waals surface area contributed by atoms with Gasteiger partial charge in [-0.25, -0.2) is 19.3 Å². The summed E-state index contributed by atoms with van der Waals surface area (Å²) >= 11 is 0. The van der Waals surface area contributed by atoms with Crippen LogP contribution in [0.25, 0.3) is 72.8 Å².